The number of fused-ring (bicyclic) bond motifs is 1. The Balaban J connectivity index is 2.12. The van der Waals surface area contributed by atoms with Crippen molar-refractivity contribution in [2.24, 2.45) is 0 Å². The Morgan fingerprint density at radius 1 is 1.19 bits per heavy atom. The van der Waals surface area contributed by atoms with E-state index in [4.69, 9.17) is 4.42 Å². The van der Waals surface area contributed by atoms with E-state index in [0.717, 1.165) is 5.52 Å². The molecule has 3 aromatic rings. The summed E-state index contributed by atoms with van der Waals surface area (Å²) in [6, 6.07) is 14.3. The number of aliphatic hydroxyl groups excluding tert-OH is 1. The predicted molar refractivity (Wildman–Crippen MR) is 76.4 cm³/mol. The third-order valence-electron chi connectivity index (χ3n) is 3.20. The Kier molecular flexibility index (Phi) is 3.41. The second-order valence-corrected chi connectivity index (χ2v) is 4.50. The van der Waals surface area contributed by atoms with E-state index in [1.807, 2.05) is 24.3 Å². The second-order valence-electron chi connectivity index (χ2n) is 4.50. The van der Waals surface area contributed by atoms with Crippen molar-refractivity contribution in [1.82, 2.24) is 4.98 Å². The van der Waals surface area contributed by atoms with E-state index in [1.165, 1.54) is 7.11 Å². The second kappa shape index (κ2) is 5.38. The molecule has 5 nitrogen and oxygen atoms in total. The van der Waals surface area contributed by atoms with Crippen molar-refractivity contribution in [3.05, 3.63) is 54.1 Å². The summed E-state index contributed by atoms with van der Waals surface area (Å²) in [6.07, 6.45) is -1.37. The minimum absolute atomic E-state index is 0.356. The fourth-order valence-corrected chi connectivity index (χ4v) is 2.16. The van der Waals surface area contributed by atoms with Crippen LogP contribution in [0.1, 0.15) is 11.7 Å². The molecule has 1 heterocycles. The zero-order valence-corrected chi connectivity index (χ0v) is 11.3. The lowest BCUT2D eigenvalue weighted by molar-refractivity contribution is -0.150. The number of nitrogens with zero attached hydrogens (tertiary/aromatic N) is 1. The summed E-state index contributed by atoms with van der Waals surface area (Å²) in [5, 5.41) is 10.1. The van der Waals surface area contributed by atoms with Gasteiger partial charge in [-0.2, -0.15) is 0 Å². The number of oxazole rings is 1. The molecule has 0 radical (unpaired) electrons. The number of carbonyl (C=O) groups excluding carboxylic acids is 1. The molecule has 1 N–H and O–H groups in total. The molecule has 0 saturated carbocycles. The van der Waals surface area contributed by atoms with Crippen LogP contribution in [0.15, 0.2) is 52.9 Å². The first-order valence-corrected chi connectivity index (χ1v) is 6.41. The minimum atomic E-state index is -1.37. The number of carbonyl (C=O) groups is 1. The average molecular weight is 283 g/mol. The summed E-state index contributed by atoms with van der Waals surface area (Å²) >= 11 is 0. The lowest BCUT2D eigenvalue weighted by Crippen LogP contribution is -2.14. The molecule has 21 heavy (non-hydrogen) atoms. The van der Waals surface area contributed by atoms with Gasteiger partial charge in [0.2, 0.25) is 5.89 Å². The van der Waals surface area contributed by atoms with Gasteiger partial charge in [-0.15, -0.1) is 0 Å². The van der Waals surface area contributed by atoms with Crippen LogP contribution in [0.5, 0.6) is 0 Å². The molecule has 0 fully saturated rings. The number of rotatable bonds is 3. The molecule has 0 aliphatic rings. The lowest BCUT2D eigenvalue weighted by atomic mass is 10.0. The van der Waals surface area contributed by atoms with E-state index in [2.05, 4.69) is 9.72 Å². The Morgan fingerprint density at radius 2 is 1.90 bits per heavy atom. The Hall–Kier alpha value is -2.66. The zero-order valence-electron chi connectivity index (χ0n) is 11.3. The molecule has 0 saturated heterocycles. The van der Waals surface area contributed by atoms with Gasteiger partial charge in [-0.05, 0) is 18.2 Å². The third-order valence-corrected chi connectivity index (χ3v) is 3.20. The normalized spacial score (nSPS) is 12.3. The molecule has 0 spiro atoms. The van der Waals surface area contributed by atoms with E-state index >= 15 is 0 Å². The molecule has 0 bridgehead atoms. The van der Waals surface area contributed by atoms with Gasteiger partial charge in [-0.1, -0.05) is 30.3 Å². The highest BCUT2D eigenvalue weighted by molar-refractivity contribution is 5.81. The van der Waals surface area contributed by atoms with Gasteiger partial charge in [0.25, 0.3) is 0 Å². The molecule has 0 amide bonds. The summed E-state index contributed by atoms with van der Waals surface area (Å²) in [4.78, 5) is 15.9. The maximum atomic E-state index is 11.5. The molecule has 3 rings (SSSR count). The fraction of sp³-hybridized carbons (Fsp3) is 0.125. The van der Waals surface area contributed by atoms with Crippen LogP contribution in [0.2, 0.25) is 0 Å². The molecule has 1 unspecified atom stereocenters. The van der Waals surface area contributed by atoms with Gasteiger partial charge in [-0.25, -0.2) is 9.78 Å². The number of benzene rings is 2. The van der Waals surface area contributed by atoms with Crippen molar-refractivity contribution in [3.8, 4) is 11.5 Å². The summed E-state index contributed by atoms with van der Waals surface area (Å²) < 4.78 is 10.3. The summed E-state index contributed by atoms with van der Waals surface area (Å²) in [5.74, 6) is -0.367. The van der Waals surface area contributed by atoms with Gasteiger partial charge >= 0.3 is 5.97 Å². The number of aromatic nitrogens is 1. The maximum Gasteiger partial charge on any atom is 0.339 e. The van der Waals surface area contributed by atoms with Crippen molar-refractivity contribution in [2.45, 2.75) is 6.10 Å². The molecule has 1 aromatic heterocycles. The van der Waals surface area contributed by atoms with Crippen molar-refractivity contribution in [3.63, 3.8) is 0 Å². The highest BCUT2D eigenvalue weighted by atomic mass is 16.5. The highest BCUT2D eigenvalue weighted by Gasteiger charge is 2.23. The Morgan fingerprint density at radius 3 is 2.67 bits per heavy atom. The zero-order chi connectivity index (χ0) is 14.8. The van der Waals surface area contributed by atoms with Crippen molar-refractivity contribution in [2.75, 3.05) is 7.11 Å². The molecule has 1 atom stereocenters. The van der Waals surface area contributed by atoms with Crippen LogP contribution in [0, 0.1) is 0 Å². The van der Waals surface area contributed by atoms with Crippen LogP contribution in [0.3, 0.4) is 0 Å². The first-order valence-electron chi connectivity index (χ1n) is 6.41. The quantitative estimate of drug-likeness (QED) is 0.748. The fourth-order valence-electron chi connectivity index (χ4n) is 2.16. The number of hydrogen-bond acceptors (Lipinski definition) is 5. The number of para-hydroxylation sites is 2. The standard InChI is InChI=1S/C16H13NO4/c1-20-16(19)14(18)10-6-2-3-7-11(10)15-17-12-8-4-5-9-13(12)21-15/h2-9,14,18H,1H3. The van der Waals surface area contributed by atoms with Gasteiger partial charge in [0, 0.05) is 11.1 Å². The SMILES string of the molecule is COC(=O)C(O)c1ccccc1-c1nc2ccccc2o1. The number of esters is 1. The van der Waals surface area contributed by atoms with Crippen LogP contribution in [-0.2, 0) is 9.53 Å². The first kappa shape index (κ1) is 13.3. The predicted octanol–water partition coefficient (Wildman–Crippen LogP) is 2.70. The van der Waals surface area contributed by atoms with E-state index in [0.29, 0.717) is 22.6 Å². The number of ether oxygens (including phenoxy) is 1. The summed E-state index contributed by atoms with van der Waals surface area (Å²) in [7, 11) is 1.23. The van der Waals surface area contributed by atoms with Gasteiger partial charge < -0.3 is 14.3 Å². The number of methoxy groups -OCH3 is 1. The van der Waals surface area contributed by atoms with E-state index < -0.39 is 12.1 Å². The topological polar surface area (TPSA) is 72.6 Å². The van der Waals surface area contributed by atoms with Crippen LogP contribution < -0.4 is 0 Å². The van der Waals surface area contributed by atoms with Gasteiger partial charge in [0.05, 0.1) is 7.11 Å². The van der Waals surface area contributed by atoms with Gasteiger partial charge in [0.15, 0.2) is 11.7 Å². The molecular weight excluding hydrogens is 270 g/mol. The summed E-state index contributed by atoms with van der Waals surface area (Å²) in [5.41, 5.74) is 2.33. The number of hydrogen-bond donors (Lipinski definition) is 1. The monoisotopic (exact) mass is 283 g/mol. The average Bonchev–Trinajstić information content (AvgIpc) is 2.97. The van der Waals surface area contributed by atoms with E-state index in [-0.39, 0.29) is 0 Å². The van der Waals surface area contributed by atoms with E-state index in [1.54, 1.807) is 24.3 Å². The van der Waals surface area contributed by atoms with Gasteiger partial charge in [0.1, 0.15) is 5.52 Å². The minimum Gasteiger partial charge on any atom is -0.467 e. The first-order chi connectivity index (χ1) is 10.2. The van der Waals surface area contributed by atoms with Gasteiger partial charge in [-0.3, -0.25) is 0 Å². The van der Waals surface area contributed by atoms with Crippen LogP contribution >= 0.6 is 0 Å². The molecule has 2 aromatic carbocycles. The van der Waals surface area contributed by atoms with Crippen LogP contribution in [0.4, 0.5) is 0 Å². The smallest absolute Gasteiger partial charge is 0.339 e. The van der Waals surface area contributed by atoms with Crippen molar-refractivity contribution < 1.29 is 19.1 Å². The largest absolute Gasteiger partial charge is 0.467 e. The van der Waals surface area contributed by atoms with Crippen LogP contribution in [-0.4, -0.2) is 23.2 Å². The Bertz CT molecular complexity index is 761. The van der Waals surface area contributed by atoms with E-state index in [9.17, 15) is 9.90 Å². The molecule has 5 heteroatoms. The molecule has 0 aliphatic carbocycles. The number of aliphatic hydroxyl groups is 1. The van der Waals surface area contributed by atoms with Crippen molar-refractivity contribution >= 4 is 17.1 Å². The Labute approximate surface area is 120 Å². The maximum absolute atomic E-state index is 11.5. The van der Waals surface area contributed by atoms with Crippen LogP contribution in [0.25, 0.3) is 22.6 Å². The summed E-state index contributed by atoms with van der Waals surface area (Å²) in [6.45, 7) is 0. The highest BCUT2D eigenvalue weighted by Crippen LogP contribution is 2.30. The molecular formula is C16H13NO4. The molecule has 106 valence electrons. The lowest BCUT2D eigenvalue weighted by Gasteiger charge is -2.11. The molecule has 0 aliphatic heterocycles. The third kappa shape index (κ3) is 2.39. The van der Waals surface area contributed by atoms with Crippen molar-refractivity contribution in [1.29, 1.82) is 0 Å².